The van der Waals surface area contributed by atoms with Crippen LogP contribution in [0.5, 0.6) is 5.75 Å². The number of rotatable bonds is 7. The van der Waals surface area contributed by atoms with Gasteiger partial charge < -0.3 is 10.1 Å². The minimum atomic E-state index is -0.913. The van der Waals surface area contributed by atoms with Gasteiger partial charge in [-0.2, -0.15) is 4.39 Å². The Labute approximate surface area is 94.6 Å². The lowest BCUT2D eigenvalue weighted by Crippen LogP contribution is -2.18. The highest BCUT2D eigenvalue weighted by Crippen LogP contribution is 2.18. The van der Waals surface area contributed by atoms with E-state index >= 15 is 0 Å². The Kier molecular flexibility index (Phi) is 5.78. The van der Waals surface area contributed by atoms with Crippen LogP contribution in [0.4, 0.5) is 8.78 Å². The van der Waals surface area contributed by atoms with Crippen LogP contribution in [-0.2, 0) is 0 Å². The Bertz CT molecular complexity index is 318. The summed E-state index contributed by atoms with van der Waals surface area (Å²) < 4.78 is 31.0. The van der Waals surface area contributed by atoms with Gasteiger partial charge in [0, 0.05) is 0 Å². The van der Waals surface area contributed by atoms with Gasteiger partial charge in [-0.25, -0.2) is 4.39 Å². The largest absolute Gasteiger partial charge is 0.490 e. The molecule has 90 valence electrons. The maximum Gasteiger partial charge on any atom is 0.200 e. The highest BCUT2D eigenvalue weighted by molar-refractivity contribution is 5.24. The first-order valence-corrected chi connectivity index (χ1v) is 5.53. The van der Waals surface area contributed by atoms with Gasteiger partial charge in [0.1, 0.15) is 0 Å². The molecule has 0 saturated carbocycles. The average molecular weight is 229 g/mol. The molecule has 1 rings (SSSR count). The van der Waals surface area contributed by atoms with Crippen LogP contribution in [0.15, 0.2) is 18.2 Å². The van der Waals surface area contributed by atoms with Gasteiger partial charge in [0.15, 0.2) is 11.6 Å². The van der Waals surface area contributed by atoms with Crippen LogP contribution in [-0.4, -0.2) is 19.7 Å². The third-order valence-electron chi connectivity index (χ3n) is 2.10. The molecule has 0 aliphatic rings. The molecule has 0 saturated heterocycles. The Morgan fingerprint density at radius 2 is 2.06 bits per heavy atom. The highest BCUT2D eigenvalue weighted by atomic mass is 19.2. The lowest BCUT2D eigenvalue weighted by atomic mass is 10.3. The van der Waals surface area contributed by atoms with Crippen LogP contribution >= 0.6 is 0 Å². The van der Waals surface area contributed by atoms with Crippen LogP contribution in [0, 0.1) is 11.6 Å². The molecule has 1 aromatic carbocycles. The van der Waals surface area contributed by atoms with E-state index in [1.807, 2.05) is 0 Å². The molecule has 4 heteroatoms. The molecule has 0 bridgehead atoms. The highest BCUT2D eigenvalue weighted by Gasteiger charge is 2.07. The van der Waals surface area contributed by atoms with Crippen LogP contribution in [0.3, 0.4) is 0 Å². The normalized spacial score (nSPS) is 10.4. The van der Waals surface area contributed by atoms with Crippen LogP contribution < -0.4 is 10.1 Å². The van der Waals surface area contributed by atoms with E-state index in [0.29, 0.717) is 6.61 Å². The smallest absolute Gasteiger partial charge is 0.200 e. The summed E-state index contributed by atoms with van der Waals surface area (Å²) in [5.74, 6) is -1.80. The van der Waals surface area contributed by atoms with Gasteiger partial charge in [-0.15, -0.1) is 0 Å². The Morgan fingerprint density at radius 3 is 2.81 bits per heavy atom. The van der Waals surface area contributed by atoms with E-state index in [1.54, 1.807) is 0 Å². The number of ether oxygens (including phenoxy) is 1. The minimum Gasteiger partial charge on any atom is -0.490 e. The van der Waals surface area contributed by atoms with Crippen molar-refractivity contribution in [3.05, 3.63) is 29.8 Å². The van der Waals surface area contributed by atoms with E-state index in [2.05, 4.69) is 12.2 Å². The SMILES string of the molecule is CCCNCCCOc1cccc(F)c1F. The average Bonchev–Trinajstić information content (AvgIpc) is 2.29. The summed E-state index contributed by atoms with van der Waals surface area (Å²) in [6.45, 7) is 4.27. The molecule has 2 nitrogen and oxygen atoms in total. The summed E-state index contributed by atoms with van der Waals surface area (Å²) in [5, 5.41) is 3.20. The van der Waals surface area contributed by atoms with Crippen molar-refractivity contribution in [2.24, 2.45) is 0 Å². The lowest BCUT2D eigenvalue weighted by Gasteiger charge is -2.07. The first-order valence-electron chi connectivity index (χ1n) is 5.53. The van der Waals surface area contributed by atoms with Crippen molar-refractivity contribution in [1.82, 2.24) is 5.32 Å². The molecular weight excluding hydrogens is 212 g/mol. The molecule has 0 aromatic heterocycles. The first-order chi connectivity index (χ1) is 7.75. The maximum atomic E-state index is 13.1. The summed E-state index contributed by atoms with van der Waals surface area (Å²) in [6, 6.07) is 3.94. The summed E-state index contributed by atoms with van der Waals surface area (Å²) in [7, 11) is 0. The van der Waals surface area contributed by atoms with E-state index in [4.69, 9.17) is 4.74 Å². The summed E-state index contributed by atoms with van der Waals surface area (Å²) in [6.07, 6.45) is 1.86. The monoisotopic (exact) mass is 229 g/mol. The van der Waals surface area contributed by atoms with E-state index in [0.717, 1.165) is 32.0 Å². The maximum absolute atomic E-state index is 13.1. The number of nitrogens with one attached hydrogen (secondary N) is 1. The molecule has 0 aliphatic carbocycles. The van der Waals surface area contributed by atoms with Crippen molar-refractivity contribution in [2.45, 2.75) is 19.8 Å². The minimum absolute atomic E-state index is 0.0181. The molecule has 0 radical (unpaired) electrons. The van der Waals surface area contributed by atoms with Crippen molar-refractivity contribution < 1.29 is 13.5 Å². The summed E-state index contributed by atoms with van der Waals surface area (Å²) in [5.41, 5.74) is 0. The van der Waals surface area contributed by atoms with Crippen LogP contribution in [0.1, 0.15) is 19.8 Å². The fourth-order valence-electron chi connectivity index (χ4n) is 1.28. The molecule has 0 fully saturated rings. The van der Waals surface area contributed by atoms with Crippen molar-refractivity contribution in [3.8, 4) is 5.75 Å². The zero-order chi connectivity index (χ0) is 11.8. The number of hydrogen-bond acceptors (Lipinski definition) is 2. The molecule has 0 unspecified atom stereocenters. The number of halogens is 2. The molecule has 0 amide bonds. The lowest BCUT2D eigenvalue weighted by molar-refractivity contribution is 0.288. The second kappa shape index (κ2) is 7.17. The Balaban J connectivity index is 2.24. The van der Waals surface area contributed by atoms with Gasteiger partial charge in [-0.3, -0.25) is 0 Å². The molecule has 0 atom stereocenters. The Hall–Kier alpha value is -1.16. The fourth-order valence-corrected chi connectivity index (χ4v) is 1.28. The fraction of sp³-hybridized carbons (Fsp3) is 0.500. The molecule has 0 spiro atoms. The molecule has 0 aliphatic heterocycles. The quantitative estimate of drug-likeness (QED) is 0.726. The summed E-state index contributed by atoms with van der Waals surface area (Å²) >= 11 is 0. The van der Waals surface area contributed by atoms with Crippen LogP contribution in [0.2, 0.25) is 0 Å². The van der Waals surface area contributed by atoms with E-state index < -0.39 is 11.6 Å². The van der Waals surface area contributed by atoms with E-state index in [-0.39, 0.29) is 5.75 Å². The first kappa shape index (κ1) is 12.9. The third-order valence-corrected chi connectivity index (χ3v) is 2.10. The molecular formula is C12H17F2NO. The summed E-state index contributed by atoms with van der Waals surface area (Å²) in [4.78, 5) is 0. The van der Waals surface area contributed by atoms with Gasteiger partial charge in [-0.1, -0.05) is 13.0 Å². The predicted octanol–water partition coefficient (Wildman–Crippen LogP) is 2.73. The third kappa shape index (κ3) is 4.14. The standard InChI is InChI=1S/C12H17F2NO/c1-2-7-15-8-4-9-16-11-6-3-5-10(13)12(11)14/h3,5-6,15H,2,4,7-9H2,1H3. The van der Waals surface area contributed by atoms with Crippen molar-refractivity contribution in [3.63, 3.8) is 0 Å². The zero-order valence-corrected chi connectivity index (χ0v) is 9.43. The molecule has 1 aromatic rings. The predicted molar refractivity (Wildman–Crippen MR) is 59.6 cm³/mol. The molecule has 16 heavy (non-hydrogen) atoms. The second-order valence-corrected chi connectivity index (χ2v) is 3.50. The van der Waals surface area contributed by atoms with Crippen molar-refractivity contribution >= 4 is 0 Å². The van der Waals surface area contributed by atoms with Gasteiger partial charge >= 0.3 is 0 Å². The van der Waals surface area contributed by atoms with Crippen molar-refractivity contribution in [1.29, 1.82) is 0 Å². The van der Waals surface area contributed by atoms with E-state index in [1.165, 1.54) is 12.1 Å². The number of hydrogen-bond donors (Lipinski definition) is 1. The molecule has 0 heterocycles. The van der Waals surface area contributed by atoms with Crippen LogP contribution in [0.25, 0.3) is 0 Å². The van der Waals surface area contributed by atoms with Crippen molar-refractivity contribution in [2.75, 3.05) is 19.7 Å². The van der Waals surface area contributed by atoms with Gasteiger partial charge in [0.2, 0.25) is 5.82 Å². The van der Waals surface area contributed by atoms with Gasteiger partial charge in [-0.05, 0) is 38.1 Å². The molecule has 1 N–H and O–H groups in total. The zero-order valence-electron chi connectivity index (χ0n) is 9.43. The Morgan fingerprint density at radius 1 is 1.25 bits per heavy atom. The van der Waals surface area contributed by atoms with E-state index in [9.17, 15) is 8.78 Å². The van der Waals surface area contributed by atoms with Gasteiger partial charge in [0.05, 0.1) is 6.61 Å². The number of benzene rings is 1. The second-order valence-electron chi connectivity index (χ2n) is 3.50. The topological polar surface area (TPSA) is 21.3 Å². The van der Waals surface area contributed by atoms with Gasteiger partial charge in [0.25, 0.3) is 0 Å².